The van der Waals surface area contributed by atoms with Gasteiger partial charge in [-0.3, -0.25) is 9.48 Å². The molecule has 1 atom stereocenters. The van der Waals surface area contributed by atoms with E-state index in [0.717, 1.165) is 12.1 Å². The van der Waals surface area contributed by atoms with Gasteiger partial charge in [0.2, 0.25) is 5.82 Å². The van der Waals surface area contributed by atoms with E-state index in [2.05, 4.69) is 15.1 Å². The first-order chi connectivity index (χ1) is 13.3. The van der Waals surface area contributed by atoms with Gasteiger partial charge in [-0.05, 0) is 31.2 Å². The Morgan fingerprint density at radius 3 is 2.57 bits per heavy atom. The van der Waals surface area contributed by atoms with Crippen molar-refractivity contribution in [2.45, 2.75) is 19.1 Å². The molecule has 28 heavy (non-hydrogen) atoms. The van der Waals surface area contributed by atoms with Crippen LogP contribution in [-0.2, 0) is 6.18 Å². The molecule has 2 aromatic heterocycles. The van der Waals surface area contributed by atoms with Crippen molar-refractivity contribution in [2.75, 3.05) is 11.4 Å². The van der Waals surface area contributed by atoms with Crippen LogP contribution in [0.3, 0.4) is 0 Å². The van der Waals surface area contributed by atoms with Crippen molar-refractivity contribution in [3.05, 3.63) is 53.7 Å². The number of alkyl halides is 3. The second-order valence-corrected chi connectivity index (χ2v) is 6.42. The maximum absolute atomic E-state index is 13.1. The van der Waals surface area contributed by atoms with E-state index in [9.17, 15) is 18.0 Å². The zero-order valence-electron chi connectivity index (χ0n) is 14.5. The third-order valence-corrected chi connectivity index (χ3v) is 4.59. The number of nitriles is 1. The quantitative estimate of drug-likeness (QED) is 0.731. The fraction of sp³-hybridized carbons (Fsp3) is 0.222. The Morgan fingerprint density at radius 2 is 1.96 bits per heavy atom. The maximum atomic E-state index is 13.1. The van der Waals surface area contributed by atoms with Crippen molar-refractivity contribution >= 4 is 11.6 Å². The highest BCUT2D eigenvalue weighted by Crippen LogP contribution is 2.34. The number of aromatic nitrogens is 4. The van der Waals surface area contributed by atoms with Crippen molar-refractivity contribution < 1.29 is 18.0 Å². The molecule has 0 spiro atoms. The highest BCUT2D eigenvalue weighted by atomic mass is 19.4. The summed E-state index contributed by atoms with van der Waals surface area (Å²) < 4.78 is 40.0. The van der Waals surface area contributed by atoms with Gasteiger partial charge in [-0.15, -0.1) is 0 Å². The first-order valence-corrected chi connectivity index (χ1v) is 8.31. The molecular weight excluding hydrogens is 373 g/mol. The van der Waals surface area contributed by atoms with Gasteiger partial charge in [0.1, 0.15) is 11.8 Å². The Balaban J connectivity index is 1.73. The molecule has 1 N–H and O–H groups in total. The van der Waals surface area contributed by atoms with Gasteiger partial charge < -0.3 is 9.88 Å². The fourth-order valence-electron chi connectivity index (χ4n) is 3.23. The van der Waals surface area contributed by atoms with Crippen LogP contribution < -0.4 is 4.90 Å². The summed E-state index contributed by atoms with van der Waals surface area (Å²) in [6.45, 7) is 2.13. The predicted octanol–water partition coefficient (Wildman–Crippen LogP) is 3.39. The summed E-state index contributed by atoms with van der Waals surface area (Å²) in [6.07, 6.45) is -1.50. The number of hydrogen-bond donors (Lipinski definition) is 1. The van der Waals surface area contributed by atoms with Gasteiger partial charge in [0.05, 0.1) is 35.3 Å². The Labute approximate surface area is 157 Å². The molecule has 0 aliphatic carbocycles. The lowest BCUT2D eigenvalue weighted by molar-refractivity contribution is -0.137. The molecule has 0 fully saturated rings. The van der Waals surface area contributed by atoms with Crippen LogP contribution in [0.1, 0.15) is 34.8 Å². The van der Waals surface area contributed by atoms with Gasteiger partial charge in [-0.1, -0.05) is 0 Å². The highest BCUT2D eigenvalue weighted by molar-refractivity contribution is 6.09. The van der Waals surface area contributed by atoms with E-state index >= 15 is 0 Å². The van der Waals surface area contributed by atoms with E-state index in [1.54, 1.807) is 4.68 Å². The SMILES string of the molecule is C[C@H]1CN(c2ccc(C(F)(F)F)cc2)C(=O)c2c(-c3cnc(C#N)[nH]3)cnn21. The van der Waals surface area contributed by atoms with Gasteiger partial charge in [0.25, 0.3) is 5.91 Å². The molecule has 0 radical (unpaired) electrons. The number of anilines is 1. The van der Waals surface area contributed by atoms with Crippen molar-refractivity contribution in [3.8, 4) is 17.3 Å². The minimum Gasteiger partial charge on any atom is -0.329 e. The normalized spacial score (nSPS) is 16.8. The summed E-state index contributed by atoms with van der Waals surface area (Å²) in [7, 11) is 0. The van der Waals surface area contributed by atoms with Gasteiger partial charge in [-0.2, -0.15) is 23.5 Å². The molecule has 3 heterocycles. The topological polar surface area (TPSA) is 90.6 Å². The molecule has 1 aliphatic rings. The van der Waals surface area contributed by atoms with E-state index in [1.165, 1.54) is 29.4 Å². The Kier molecular flexibility index (Phi) is 3.96. The first-order valence-electron chi connectivity index (χ1n) is 8.31. The van der Waals surface area contributed by atoms with Crippen LogP contribution >= 0.6 is 0 Å². The van der Waals surface area contributed by atoms with Crippen molar-refractivity contribution in [1.29, 1.82) is 5.26 Å². The summed E-state index contributed by atoms with van der Waals surface area (Å²) in [4.78, 5) is 21.3. The second kappa shape index (κ2) is 6.23. The molecule has 0 saturated heterocycles. The van der Waals surface area contributed by atoms with Crippen LogP contribution in [-0.4, -0.2) is 32.2 Å². The first kappa shape index (κ1) is 17.8. The second-order valence-electron chi connectivity index (χ2n) is 6.42. The molecule has 10 heteroatoms. The lowest BCUT2D eigenvalue weighted by atomic mass is 10.1. The van der Waals surface area contributed by atoms with Crippen LogP contribution in [0.2, 0.25) is 0 Å². The number of nitrogens with zero attached hydrogens (tertiary/aromatic N) is 5. The molecule has 1 aliphatic heterocycles. The van der Waals surface area contributed by atoms with Gasteiger partial charge >= 0.3 is 6.18 Å². The van der Waals surface area contributed by atoms with Gasteiger partial charge in [0.15, 0.2) is 0 Å². The van der Waals surface area contributed by atoms with Crippen LogP contribution in [0.15, 0.2) is 36.7 Å². The highest BCUT2D eigenvalue weighted by Gasteiger charge is 2.35. The summed E-state index contributed by atoms with van der Waals surface area (Å²) in [5, 5.41) is 13.2. The Bertz CT molecular complexity index is 1090. The maximum Gasteiger partial charge on any atom is 0.416 e. The van der Waals surface area contributed by atoms with Crippen LogP contribution in [0, 0.1) is 11.3 Å². The summed E-state index contributed by atoms with van der Waals surface area (Å²) in [5.74, 6) is -0.288. The van der Waals surface area contributed by atoms with Crippen LogP contribution in [0.25, 0.3) is 11.3 Å². The van der Waals surface area contributed by atoms with E-state index in [4.69, 9.17) is 5.26 Å². The Morgan fingerprint density at radius 1 is 1.25 bits per heavy atom. The molecule has 3 aromatic rings. The van der Waals surface area contributed by atoms with Crippen molar-refractivity contribution in [3.63, 3.8) is 0 Å². The Hall–Kier alpha value is -3.61. The minimum absolute atomic E-state index is 0.103. The summed E-state index contributed by atoms with van der Waals surface area (Å²) in [6, 6.07) is 6.15. The number of rotatable bonds is 2. The number of nitrogens with one attached hydrogen (secondary N) is 1. The number of benzene rings is 1. The monoisotopic (exact) mass is 386 g/mol. The third kappa shape index (κ3) is 2.81. The van der Waals surface area contributed by atoms with E-state index in [1.807, 2.05) is 13.0 Å². The fourth-order valence-corrected chi connectivity index (χ4v) is 3.23. The third-order valence-electron chi connectivity index (χ3n) is 4.59. The number of hydrogen-bond acceptors (Lipinski definition) is 4. The van der Waals surface area contributed by atoms with Crippen LogP contribution in [0.5, 0.6) is 0 Å². The number of halogens is 3. The number of carbonyl (C=O) groups excluding carboxylic acids is 1. The van der Waals surface area contributed by atoms with E-state index < -0.39 is 17.6 Å². The summed E-state index contributed by atoms with van der Waals surface area (Å²) >= 11 is 0. The molecule has 0 bridgehead atoms. The molecule has 0 unspecified atom stereocenters. The molecule has 0 saturated carbocycles. The lowest BCUT2D eigenvalue weighted by Crippen LogP contribution is -2.42. The van der Waals surface area contributed by atoms with Crippen LogP contribution in [0.4, 0.5) is 18.9 Å². The van der Waals surface area contributed by atoms with E-state index in [-0.39, 0.29) is 24.1 Å². The average Bonchev–Trinajstić information content (AvgIpc) is 3.31. The molecule has 142 valence electrons. The number of fused-ring (bicyclic) bond motifs is 1. The predicted molar refractivity (Wildman–Crippen MR) is 92.4 cm³/mol. The number of H-pyrrole nitrogens is 1. The number of amides is 1. The molecule has 1 amide bonds. The van der Waals surface area contributed by atoms with Crippen molar-refractivity contribution in [2.24, 2.45) is 0 Å². The largest absolute Gasteiger partial charge is 0.416 e. The van der Waals surface area contributed by atoms with Gasteiger partial charge in [-0.25, -0.2) is 4.98 Å². The number of carbonyl (C=O) groups is 1. The lowest BCUT2D eigenvalue weighted by Gasteiger charge is -2.32. The van der Waals surface area contributed by atoms with Gasteiger partial charge in [0, 0.05) is 12.2 Å². The number of imidazole rings is 1. The minimum atomic E-state index is -4.44. The summed E-state index contributed by atoms with van der Waals surface area (Å²) in [5.41, 5.74) is 0.813. The smallest absolute Gasteiger partial charge is 0.329 e. The average molecular weight is 386 g/mol. The zero-order valence-corrected chi connectivity index (χ0v) is 14.5. The molecule has 1 aromatic carbocycles. The zero-order chi connectivity index (χ0) is 20.1. The van der Waals surface area contributed by atoms with E-state index in [0.29, 0.717) is 16.9 Å². The van der Waals surface area contributed by atoms with Crippen molar-refractivity contribution in [1.82, 2.24) is 19.7 Å². The molecule has 7 nitrogen and oxygen atoms in total. The standard InChI is InChI=1S/C18H13F3N6O/c1-10-9-26(12-4-2-11(3-5-12)18(19,20)21)17(28)16-13(7-24-27(10)16)14-8-23-15(6-22)25-14/h2-5,7-8,10H,9H2,1H3,(H,23,25)/t10-/m0/s1. The molecule has 4 rings (SSSR count). The molecular formula is C18H13F3N6O. The number of aromatic amines is 1.